The molecule has 0 spiro atoms. The molecular formula is C86H83Br2N3. The molecule has 0 aliphatic heterocycles. The van der Waals surface area contributed by atoms with E-state index in [-0.39, 0.29) is 16.2 Å². The molecule has 0 saturated heterocycles. The van der Waals surface area contributed by atoms with Gasteiger partial charge < -0.3 is 15.1 Å². The van der Waals surface area contributed by atoms with Crippen molar-refractivity contribution < 1.29 is 0 Å². The first-order valence-corrected chi connectivity index (χ1v) is 33.5. The van der Waals surface area contributed by atoms with Gasteiger partial charge in [0.25, 0.3) is 0 Å². The number of hydrogen-bond donors (Lipinski definition) is 1. The fourth-order valence-electron chi connectivity index (χ4n) is 13.4. The third-order valence-corrected chi connectivity index (χ3v) is 19.9. The lowest BCUT2D eigenvalue weighted by Gasteiger charge is -2.32. The number of hydrogen-bond acceptors (Lipinski definition) is 3. The van der Waals surface area contributed by atoms with Crippen molar-refractivity contribution in [3.05, 3.63) is 283 Å². The van der Waals surface area contributed by atoms with Gasteiger partial charge in [-0.05, 0) is 222 Å². The van der Waals surface area contributed by atoms with E-state index in [1.807, 2.05) is 0 Å². The van der Waals surface area contributed by atoms with Crippen molar-refractivity contribution in [1.29, 1.82) is 0 Å². The molecule has 14 aromatic carbocycles. The fraction of sp³-hybridized carbons (Fsp3) is 0.209. The number of halogens is 2. The summed E-state index contributed by atoms with van der Waals surface area (Å²) in [5.41, 5.74) is 21.5. The summed E-state index contributed by atoms with van der Waals surface area (Å²) in [6.45, 7) is 33.6. The van der Waals surface area contributed by atoms with Crippen molar-refractivity contribution in [2.75, 3.05) is 15.1 Å². The lowest BCUT2D eigenvalue weighted by molar-refractivity contribution is 0.590. The van der Waals surface area contributed by atoms with Gasteiger partial charge in [-0.3, -0.25) is 0 Å². The third kappa shape index (κ3) is 12.2. The fourth-order valence-corrected chi connectivity index (χ4v) is 14.3. The second-order valence-corrected chi connectivity index (χ2v) is 29.8. The van der Waals surface area contributed by atoms with Crippen molar-refractivity contribution in [2.24, 2.45) is 0 Å². The third-order valence-electron chi connectivity index (χ3n) is 18.5. The Kier molecular flexibility index (Phi) is 17.0. The zero-order valence-electron chi connectivity index (χ0n) is 55.5. The van der Waals surface area contributed by atoms with Crippen LogP contribution in [0.15, 0.2) is 233 Å². The second kappa shape index (κ2) is 24.6. The maximum atomic E-state index is 3.65. The van der Waals surface area contributed by atoms with Crippen LogP contribution >= 0.6 is 31.9 Å². The average molecular weight is 1320 g/mol. The highest BCUT2D eigenvalue weighted by atomic mass is 79.9. The lowest BCUT2D eigenvalue weighted by Crippen LogP contribution is -2.15. The maximum Gasteiger partial charge on any atom is 0.0540 e. The Balaban J connectivity index is 0.000000174. The molecular weight excluding hydrogens is 1230 g/mol. The summed E-state index contributed by atoms with van der Waals surface area (Å²) >= 11 is 7.30. The molecule has 0 aliphatic carbocycles. The molecule has 456 valence electrons. The van der Waals surface area contributed by atoms with E-state index in [0.717, 1.165) is 26.0 Å². The largest absolute Gasteiger partial charge is 0.355 e. The number of benzene rings is 14. The molecule has 14 aromatic rings. The van der Waals surface area contributed by atoms with Gasteiger partial charge in [-0.25, -0.2) is 0 Å². The molecule has 0 heterocycles. The predicted molar refractivity (Wildman–Crippen MR) is 406 cm³/mol. The molecule has 0 unspecified atom stereocenters. The highest BCUT2D eigenvalue weighted by molar-refractivity contribution is 9.11. The Morgan fingerprint density at radius 2 is 0.560 bits per heavy atom. The molecule has 0 bridgehead atoms. The molecule has 0 aliphatic rings. The van der Waals surface area contributed by atoms with Gasteiger partial charge in [0, 0.05) is 42.5 Å². The number of nitrogens with zero attached hydrogens (tertiary/aromatic N) is 2. The van der Waals surface area contributed by atoms with Crippen LogP contribution in [0.2, 0.25) is 0 Å². The maximum absolute atomic E-state index is 3.65. The van der Waals surface area contributed by atoms with Gasteiger partial charge in [0.05, 0.1) is 22.7 Å². The zero-order valence-corrected chi connectivity index (χ0v) is 58.7. The number of para-hydroxylation sites is 3. The van der Waals surface area contributed by atoms with Crippen molar-refractivity contribution in [3.8, 4) is 0 Å². The summed E-state index contributed by atoms with van der Waals surface area (Å²) in [5.74, 6) is 0. The van der Waals surface area contributed by atoms with Gasteiger partial charge in [0.15, 0.2) is 0 Å². The first-order valence-electron chi connectivity index (χ1n) is 32.0. The molecule has 0 fully saturated rings. The minimum atomic E-state index is 0.0754. The van der Waals surface area contributed by atoms with E-state index in [0.29, 0.717) is 0 Å². The van der Waals surface area contributed by atoms with Crippen LogP contribution in [0.3, 0.4) is 0 Å². The Labute approximate surface area is 556 Å². The van der Waals surface area contributed by atoms with Crippen molar-refractivity contribution in [3.63, 3.8) is 0 Å². The minimum absolute atomic E-state index is 0.0754. The van der Waals surface area contributed by atoms with Gasteiger partial charge >= 0.3 is 0 Å². The first kappa shape index (κ1) is 62.7. The highest BCUT2D eigenvalue weighted by Crippen LogP contribution is 2.50. The average Bonchev–Trinajstić information content (AvgIpc) is 0.740. The van der Waals surface area contributed by atoms with Crippen molar-refractivity contribution >= 4 is 142 Å². The van der Waals surface area contributed by atoms with E-state index in [1.165, 1.54) is 143 Å². The predicted octanol–water partition coefficient (Wildman–Crippen LogP) is 26.8. The van der Waals surface area contributed by atoms with Crippen LogP contribution in [0.25, 0.3) is 64.6 Å². The van der Waals surface area contributed by atoms with E-state index in [2.05, 4.69) is 375 Å². The summed E-state index contributed by atoms with van der Waals surface area (Å²) < 4.78 is 2.31. The van der Waals surface area contributed by atoms with E-state index >= 15 is 0 Å². The van der Waals surface area contributed by atoms with Crippen LogP contribution in [0.4, 0.5) is 45.5 Å². The quantitative estimate of drug-likeness (QED) is 0.153. The van der Waals surface area contributed by atoms with E-state index < -0.39 is 0 Å². The lowest BCUT2D eigenvalue weighted by atomic mass is 9.87. The summed E-state index contributed by atoms with van der Waals surface area (Å²) in [5, 5.41) is 19.0. The zero-order chi connectivity index (χ0) is 64.4. The Morgan fingerprint density at radius 3 is 0.890 bits per heavy atom. The normalized spacial score (nSPS) is 12.0. The first-order chi connectivity index (χ1) is 43.3. The van der Waals surface area contributed by atoms with Crippen LogP contribution in [0.5, 0.6) is 0 Å². The summed E-state index contributed by atoms with van der Waals surface area (Å²) in [4.78, 5) is 4.98. The standard InChI is InChI=1S/C52H52N2.C18H23N.C16H8Br2/c1-33-13-11-14-34(2)49(33)53(41-25-21-39(22-26-41)51(5,6)7)45-31-19-37-18-30-44-46(32-20-38-17-29-43(45)47(37)48(38)44)54(50-35(3)15-12-16-36(50)4)42-27-23-40(24-28-42)52(8,9)10;1-13-7-6-8-14(2)17(13)19-16-11-9-15(10-12-16)18(3,4)5;17-13-8-4-10-2-6-12-14(18)7-3-9-1-5-11(13)16(10)15(9)12/h11-32H,1-10H3;6-12,19H,1-5H3;1-8H. The van der Waals surface area contributed by atoms with Gasteiger partial charge in [-0.1, -0.05) is 258 Å². The van der Waals surface area contributed by atoms with Crippen molar-refractivity contribution in [1.82, 2.24) is 0 Å². The van der Waals surface area contributed by atoms with Crippen LogP contribution in [0.1, 0.15) is 112 Å². The van der Waals surface area contributed by atoms with Gasteiger partial charge in [-0.15, -0.1) is 0 Å². The molecule has 0 atom stereocenters. The molecule has 5 heteroatoms. The van der Waals surface area contributed by atoms with E-state index in [9.17, 15) is 0 Å². The second-order valence-electron chi connectivity index (χ2n) is 28.1. The molecule has 91 heavy (non-hydrogen) atoms. The van der Waals surface area contributed by atoms with Crippen LogP contribution < -0.4 is 15.1 Å². The highest BCUT2D eigenvalue weighted by Gasteiger charge is 2.26. The Bertz CT molecular complexity index is 4660. The molecule has 3 nitrogen and oxygen atoms in total. The Hall–Kier alpha value is -8.48. The molecule has 14 rings (SSSR count). The Morgan fingerprint density at radius 1 is 0.286 bits per heavy atom. The van der Waals surface area contributed by atoms with Gasteiger partial charge in [-0.2, -0.15) is 0 Å². The molecule has 1 N–H and O–H groups in total. The smallest absolute Gasteiger partial charge is 0.0540 e. The van der Waals surface area contributed by atoms with Gasteiger partial charge in [0.1, 0.15) is 0 Å². The molecule has 0 saturated carbocycles. The summed E-state index contributed by atoms with van der Waals surface area (Å²) in [7, 11) is 0. The number of anilines is 8. The SMILES string of the molecule is Brc1ccc2ccc3c(Br)ccc4ccc1c2c43.Cc1cccc(C)c1N(c1ccc(C(C)(C)C)cc1)c1ccc2ccc3c(N(c4ccc(C(C)(C)C)cc4)c4c(C)cccc4C)ccc4ccc1c2c43.Cc1cccc(C)c1Nc1ccc(C(C)(C)C)cc1. The van der Waals surface area contributed by atoms with E-state index in [1.54, 1.807) is 0 Å². The molecule has 0 radical (unpaired) electrons. The van der Waals surface area contributed by atoms with Crippen LogP contribution in [0, 0.1) is 41.5 Å². The molecule has 0 amide bonds. The summed E-state index contributed by atoms with van der Waals surface area (Å²) in [6.07, 6.45) is 0. The number of nitrogens with one attached hydrogen (secondary N) is 1. The van der Waals surface area contributed by atoms with Gasteiger partial charge in [0.2, 0.25) is 0 Å². The summed E-state index contributed by atoms with van der Waals surface area (Å²) in [6, 6.07) is 82.8. The topological polar surface area (TPSA) is 18.5 Å². The minimum Gasteiger partial charge on any atom is -0.355 e. The number of rotatable bonds is 8. The van der Waals surface area contributed by atoms with Crippen LogP contribution in [-0.2, 0) is 16.2 Å². The molecule has 0 aromatic heterocycles. The number of aryl methyl sites for hydroxylation is 6. The van der Waals surface area contributed by atoms with Crippen molar-refractivity contribution in [2.45, 2.75) is 120 Å². The van der Waals surface area contributed by atoms with E-state index in [4.69, 9.17) is 0 Å². The van der Waals surface area contributed by atoms with Crippen LogP contribution in [-0.4, -0.2) is 0 Å². The monoisotopic (exact) mass is 1320 g/mol.